The zero-order valence-electron chi connectivity index (χ0n) is 14.7. The Morgan fingerprint density at radius 1 is 1.48 bits per heavy atom. The summed E-state index contributed by atoms with van der Waals surface area (Å²) in [5.74, 6) is -0.859. The van der Waals surface area contributed by atoms with Crippen molar-refractivity contribution in [1.82, 2.24) is 5.48 Å². The van der Waals surface area contributed by atoms with Crippen molar-refractivity contribution in [3.8, 4) is 0 Å². The van der Waals surface area contributed by atoms with E-state index in [9.17, 15) is 15.0 Å². The summed E-state index contributed by atoms with van der Waals surface area (Å²) >= 11 is 0. The van der Waals surface area contributed by atoms with Crippen molar-refractivity contribution in [3.63, 3.8) is 0 Å². The van der Waals surface area contributed by atoms with Crippen molar-refractivity contribution in [3.05, 3.63) is 23.9 Å². The molecular weight excluding hydrogens is 326 g/mol. The monoisotopic (exact) mass is 355 g/mol. The largest absolute Gasteiger partial charge is 0.481 e. The maximum absolute atomic E-state index is 11.0. The molecule has 4 N–H and O–H groups in total. The molecule has 25 heavy (non-hydrogen) atoms. The molecule has 2 aliphatic carbocycles. The SMILES string of the molecule is CCCOCC(O)C=C[C@@H]1CC[C@@H]2CC(NOCCC(=O)O)=C[C@]21O. The van der Waals surface area contributed by atoms with Gasteiger partial charge in [0.25, 0.3) is 0 Å². The van der Waals surface area contributed by atoms with Gasteiger partial charge >= 0.3 is 5.97 Å². The lowest BCUT2D eigenvalue weighted by atomic mass is 9.87. The maximum atomic E-state index is 11.0. The van der Waals surface area contributed by atoms with Gasteiger partial charge in [0, 0.05) is 18.2 Å². The number of ether oxygens (including phenoxy) is 1. The zero-order valence-corrected chi connectivity index (χ0v) is 14.7. The van der Waals surface area contributed by atoms with Crippen molar-refractivity contribution in [2.45, 2.75) is 50.7 Å². The molecule has 0 bridgehead atoms. The lowest BCUT2D eigenvalue weighted by Gasteiger charge is -2.26. The average Bonchev–Trinajstić information content (AvgIpc) is 3.03. The number of carbonyl (C=O) groups is 1. The highest BCUT2D eigenvalue weighted by Gasteiger charge is 2.50. The third kappa shape index (κ3) is 5.54. The van der Waals surface area contributed by atoms with Gasteiger partial charge < -0.3 is 20.1 Å². The van der Waals surface area contributed by atoms with Crippen molar-refractivity contribution < 1.29 is 29.7 Å². The summed E-state index contributed by atoms with van der Waals surface area (Å²) in [5.41, 5.74) is 2.59. The Hall–Kier alpha value is -1.41. The van der Waals surface area contributed by atoms with Crippen molar-refractivity contribution in [1.29, 1.82) is 0 Å². The molecule has 7 nitrogen and oxygen atoms in total. The standard InChI is InChI=1S/C18H29NO6/c1-2-8-24-12-16(20)6-5-13-3-4-14-10-15(11-18(13,14)23)19-25-9-7-17(21)22/h5-6,11,13-14,16,19-20,23H,2-4,7-10,12H2,1H3,(H,21,22)/t13-,14+,16?,18+/m0/s1. The number of rotatable bonds is 11. The minimum atomic E-state index is -0.945. The lowest BCUT2D eigenvalue weighted by Crippen LogP contribution is -2.33. The van der Waals surface area contributed by atoms with Gasteiger partial charge in [-0.25, -0.2) is 0 Å². The first kappa shape index (κ1) is 19.9. The predicted molar refractivity (Wildman–Crippen MR) is 91.5 cm³/mol. The molecule has 4 atom stereocenters. The number of carboxylic acid groups (broad SMARTS) is 1. The first-order valence-corrected chi connectivity index (χ1v) is 8.93. The third-order valence-electron chi connectivity index (χ3n) is 4.77. The van der Waals surface area contributed by atoms with Crippen LogP contribution in [-0.4, -0.2) is 52.8 Å². The number of fused-ring (bicyclic) bond motifs is 1. The van der Waals surface area contributed by atoms with Crippen LogP contribution in [0.25, 0.3) is 0 Å². The number of hydrogen-bond acceptors (Lipinski definition) is 6. The van der Waals surface area contributed by atoms with E-state index in [1.807, 2.05) is 13.0 Å². The molecule has 0 aromatic rings. The summed E-state index contributed by atoms with van der Waals surface area (Å²) in [6.07, 6.45) is 7.96. The topological polar surface area (TPSA) is 108 Å². The van der Waals surface area contributed by atoms with Crippen LogP contribution in [-0.2, 0) is 14.4 Å². The van der Waals surface area contributed by atoms with Crippen LogP contribution in [0.4, 0.5) is 0 Å². The van der Waals surface area contributed by atoms with E-state index in [-0.39, 0.29) is 31.5 Å². The normalized spacial score (nSPS) is 29.6. The molecule has 0 aromatic heterocycles. The third-order valence-corrected chi connectivity index (χ3v) is 4.77. The molecule has 1 saturated carbocycles. The van der Waals surface area contributed by atoms with Crippen LogP contribution >= 0.6 is 0 Å². The van der Waals surface area contributed by atoms with Gasteiger partial charge in [0.1, 0.15) is 0 Å². The Morgan fingerprint density at radius 3 is 3.00 bits per heavy atom. The lowest BCUT2D eigenvalue weighted by molar-refractivity contribution is -0.138. The molecule has 0 amide bonds. The predicted octanol–water partition coefficient (Wildman–Crippen LogP) is 1.37. The van der Waals surface area contributed by atoms with Gasteiger partial charge in [-0.3, -0.25) is 15.1 Å². The second-order valence-electron chi connectivity index (χ2n) is 6.76. The van der Waals surface area contributed by atoms with Crippen LogP contribution in [0.2, 0.25) is 0 Å². The number of aliphatic hydroxyl groups is 2. The Kier molecular flexibility index (Phi) is 7.43. The molecule has 0 radical (unpaired) electrons. The molecule has 142 valence electrons. The van der Waals surface area contributed by atoms with E-state index in [0.29, 0.717) is 13.0 Å². The van der Waals surface area contributed by atoms with E-state index in [4.69, 9.17) is 14.7 Å². The summed E-state index contributed by atoms with van der Waals surface area (Å²) in [6.45, 7) is 2.97. The van der Waals surface area contributed by atoms with Gasteiger partial charge in [-0.2, -0.15) is 0 Å². The smallest absolute Gasteiger partial charge is 0.305 e. The molecule has 0 heterocycles. The Balaban J connectivity index is 1.85. The second-order valence-corrected chi connectivity index (χ2v) is 6.76. The van der Waals surface area contributed by atoms with Gasteiger partial charge in [0.2, 0.25) is 0 Å². The maximum Gasteiger partial charge on any atom is 0.305 e. The van der Waals surface area contributed by atoms with Gasteiger partial charge in [-0.1, -0.05) is 19.1 Å². The molecular formula is C18H29NO6. The van der Waals surface area contributed by atoms with Gasteiger partial charge in [0.05, 0.1) is 31.3 Å². The summed E-state index contributed by atoms with van der Waals surface area (Å²) in [6, 6.07) is 0. The number of carboxylic acids is 1. The van der Waals surface area contributed by atoms with Crippen molar-refractivity contribution in [2.24, 2.45) is 11.8 Å². The molecule has 1 fully saturated rings. The number of aliphatic carboxylic acids is 1. The summed E-state index contributed by atoms with van der Waals surface area (Å²) in [4.78, 5) is 15.6. The molecule has 2 aliphatic rings. The van der Waals surface area contributed by atoms with Crippen LogP contribution in [0.5, 0.6) is 0 Å². The number of nitrogens with one attached hydrogen (secondary N) is 1. The Morgan fingerprint density at radius 2 is 2.28 bits per heavy atom. The quantitative estimate of drug-likeness (QED) is 0.252. The van der Waals surface area contributed by atoms with E-state index < -0.39 is 17.7 Å². The fraction of sp³-hybridized carbons (Fsp3) is 0.722. The second kappa shape index (κ2) is 9.33. The molecule has 0 saturated heterocycles. The number of hydroxylamine groups is 1. The highest BCUT2D eigenvalue weighted by molar-refractivity contribution is 5.66. The summed E-state index contributed by atoms with van der Waals surface area (Å²) < 4.78 is 5.32. The van der Waals surface area contributed by atoms with Crippen LogP contribution in [0, 0.1) is 11.8 Å². The minimum absolute atomic E-state index is 0.0587. The summed E-state index contributed by atoms with van der Waals surface area (Å²) in [7, 11) is 0. The average molecular weight is 355 g/mol. The number of hydrogen-bond donors (Lipinski definition) is 4. The highest BCUT2D eigenvalue weighted by atomic mass is 16.6. The highest BCUT2D eigenvalue weighted by Crippen LogP contribution is 2.49. The van der Waals surface area contributed by atoms with Crippen molar-refractivity contribution >= 4 is 5.97 Å². The zero-order chi connectivity index (χ0) is 18.3. The number of allylic oxidation sites excluding steroid dienone is 1. The van der Waals surface area contributed by atoms with Crippen LogP contribution in [0.15, 0.2) is 23.9 Å². The van der Waals surface area contributed by atoms with Crippen LogP contribution < -0.4 is 5.48 Å². The molecule has 0 spiro atoms. The minimum Gasteiger partial charge on any atom is -0.481 e. The van der Waals surface area contributed by atoms with Crippen LogP contribution in [0.1, 0.15) is 39.0 Å². The molecule has 0 aromatic carbocycles. The molecule has 0 aliphatic heterocycles. The Bertz CT molecular complexity index is 506. The van der Waals surface area contributed by atoms with Crippen molar-refractivity contribution in [2.75, 3.05) is 19.8 Å². The van der Waals surface area contributed by atoms with E-state index in [0.717, 1.165) is 25.0 Å². The first-order chi connectivity index (χ1) is 12.0. The van der Waals surface area contributed by atoms with Gasteiger partial charge in [-0.15, -0.1) is 0 Å². The molecule has 7 heteroatoms. The fourth-order valence-electron chi connectivity index (χ4n) is 3.51. The summed E-state index contributed by atoms with van der Waals surface area (Å²) in [5, 5.41) is 29.5. The molecule has 2 rings (SSSR count). The van der Waals surface area contributed by atoms with Crippen LogP contribution in [0.3, 0.4) is 0 Å². The van der Waals surface area contributed by atoms with Gasteiger partial charge in [0.15, 0.2) is 0 Å². The number of aliphatic hydroxyl groups excluding tert-OH is 1. The Labute approximate surface area is 148 Å². The van der Waals surface area contributed by atoms with Gasteiger partial charge in [-0.05, 0) is 37.7 Å². The first-order valence-electron chi connectivity index (χ1n) is 8.93. The fourth-order valence-corrected chi connectivity index (χ4v) is 3.51. The van der Waals surface area contributed by atoms with E-state index in [1.165, 1.54) is 0 Å². The van der Waals surface area contributed by atoms with E-state index in [2.05, 4.69) is 5.48 Å². The molecule has 1 unspecified atom stereocenters. The van der Waals surface area contributed by atoms with E-state index >= 15 is 0 Å². The van der Waals surface area contributed by atoms with E-state index in [1.54, 1.807) is 12.2 Å².